The standard InChI is InChI=1S/C17H31N3O2S/c1-13-4-6-14(7-5-13)22-12-17(21)20(16-8-9-18-19-16)11-15-3-2-10-23-15/h13-16,18-19H,2-12H2,1H3. The minimum Gasteiger partial charge on any atom is -0.368 e. The van der Waals surface area contributed by atoms with E-state index in [-0.39, 0.29) is 24.8 Å². The van der Waals surface area contributed by atoms with Gasteiger partial charge in [0.1, 0.15) is 6.61 Å². The van der Waals surface area contributed by atoms with E-state index in [1.54, 1.807) is 0 Å². The van der Waals surface area contributed by atoms with E-state index in [9.17, 15) is 4.79 Å². The summed E-state index contributed by atoms with van der Waals surface area (Å²) in [5.41, 5.74) is 6.40. The summed E-state index contributed by atoms with van der Waals surface area (Å²) in [6, 6.07) is 0. The van der Waals surface area contributed by atoms with Gasteiger partial charge in [0.25, 0.3) is 0 Å². The molecule has 132 valence electrons. The van der Waals surface area contributed by atoms with Crippen LogP contribution in [-0.4, -0.2) is 53.8 Å². The third-order valence-corrected chi connectivity index (χ3v) is 6.72. The quantitative estimate of drug-likeness (QED) is 0.775. The van der Waals surface area contributed by atoms with Crippen LogP contribution in [0.3, 0.4) is 0 Å². The number of rotatable bonds is 6. The zero-order chi connectivity index (χ0) is 16.1. The van der Waals surface area contributed by atoms with E-state index >= 15 is 0 Å². The number of nitrogens with zero attached hydrogens (tertiary/aromatic N) is 1. The largest absolute Gasteiger partial charge is 0.368 e. The summed E-state index contributed by atoms with van der Waals surface area (Å²) in [4.78, 5) is 14.8. The lowest BCUT2D eigenvalue weighted by molar-refractivity contribution is -0.141. The summed E-state index contributed by atoms with van der Waals surface area (Å²) in [6.45, 7) is 4.33. The van der Waals surface area contributed by atoms with Crippen molar-refractivity contribution in [1.29, 1.82) is 0 Å². The number of carbonyl (C=O) groups is 1. The zero-order valence-corrected chi connectivity index (χ0v) is 15.1. The van der Waals surface area contributed by atoms with Crippen LogP contribution in [0, 0.1) is 5.92 Å². The number of hydrogen-bond donors (Lipinski definition) is 2. The summed E-state index contributed by atoms with van der Waals surface area (Å²) in [7, 11) is 0. The van der Waals surface area contributed by atoms with Gasteiger partial charge in [0, 0.05) is 18.3 Å². The van der Waals surface area contributed by atoms with E-state index < -0.39 is 0 Å². The minimum atomic E-state index is 0.124. The molecule has 2 saturated heterocycles. The van der Waals surface area contributed by atoms with Gasteiger partial charge in [0.15, 0.2) is 0 Å². The Morgan fingerprint density at radius 3 is 2.70 bits per heavy atom. The molecule has 0 aromatic heterocycles. The van der Waals surface area contributed by atoms with E-state index in [1.165, 1.54) is 31.4 Å². The molecule has 1 amide bonds. The van der Waals surface area contributed by atoms with Gasteiger partial charge in [-0.1, -0.05) is 6.92 Å². The highest BCUT2D eigenvalue weighted by Gasteiger charge is 2.30. The molecule has 2 N–H and O–H groups in total. The molecule has 0 aromatic rings. The molecule has 23 heavy (non-hydrogen) atoms. The molecule has 1 saturated carbocycles. The van der Waals surface area contributed by atoms with Crippen LogP contribution in [0.1, 0.15) is 51.9 Å². The van der Waals surface area contributed by atoms with Gasteiger partial charge in [-0.05, 0) is 56.6 Å². The Kier molecular flexibility index (Phi) is 6.62. The van der Waals surface area contributed by atoms with Crippen LogP contribution in [0.15, 0.2) is 0 Å². The van der Waals surface area contributed by atoms with Gasteiger partial charge in [-0.3, -0.25) is 10.2 Å². The first kappa shape index (κ1) is 17.5. The molecular weight excluding hydrogens is 310 g/mol. The fraction of sp³-hybridized carbons (Fsp3) is 0.941. The number of thioether (sulfide) groups is 1. The first-order valence-electron chi connectivity index (χ1n) is 9.23. The number of hydrogen-bond acceptors (Lipinski definition) is 5. The SMILES string of the molecule is CC1CCC(OCC(=O)N(CC2CCCS2)C2CCNN2)CC1. The Morgan fingerprint density at radius 2 is 2.04 bits per heavy atom. The van der Waals surface area contributed by atoms with Crippen LogP contribution >= 0.6 is 11.8 Å². The summed E-state index contributed by atoms with van der Waals surface area (Å²) >= 11 is 2.01. The Bertz CT molecular complexity index is 376. The summed E-state index contributed by atoms with van der Waals surface area (Å²) in [5, 5.41) is 0.594. The van der Waals surface area contributed by atoms with Gasteiger partial charge in [-0.2, -0.15) is 11.8 Å². The number of amides is 1. The van der Waals surface area contributed by atoms with Crippen LogP contribution in [0.5, 0.6) is 0 Å². The zero-order valence-electron chi connectivity index (χ0n) is 14.3. The average molecular weight is 342 g/mol. The molecule has 0 radical (unpaired) electrons. The fourth-order valence-corrected chi connectivity index (χ4v) is 5.05. The van der Waals surface area contributed by atoms with E-state index in [2.05, 4.69) is 17.8 Å². The van der Waals surface area contributed by atoms with Gasteiger partial charge >= 0.3 is 0 Å². The van der Waals surface area contributed by atoms with E-state index in [1.807, 2.05) is 16.7 Å². The smallest absolute Gasteiger partial charge is 0.249 e. The highest BCUT2D eigenvalue weighted by Crippen LogP contribution is 2.28. The molecule has 0 bridgehead atoms. The highest BCUT2D eigenvalue weighted by molar-refractivity contribution is 8.00. The van der Waals surface area contributed by atoms with Crippen molar-refractivity contribution >= 4 is 17.7 Å². The molecule has 0 spiro atoms. The van der Waals surface area contributed by atoms with Crippen molar-refractivity contribution in [3.05, 3.63) is 0 Å². The van der Waals surface area contributed by atoms with Crippen molar-refractivity contribution in [3.8, 4) is 0 Å². The summed E-state index contributed by atoms with van der Waals surface area (Å²) in [6.07, 6.45) is 8.58. The van der Waals surface area contributed by atoms with Gasteiger partial charge in [0.2, 0.25) is 5.91 Å². The van der Waals surface area contributed by atoms with Crippen molar-refractivity contribution in [2.75, 3.05) is 25.4 Å². The topological polar surface area (TPSA) is 53.6 Å². The molecule has 1 aliphatic carbocycles. The lowest BCUT2D eigenvalue weighted by atomic mass is 9.89. The van der Waals surface area contributed by atoms with Crippen LogP contribution in [0.2, 0.25) is 0 Å². The maximum Gasteiger partial charge on any atom is 0.249 e. The number of carbonyl (C=O) groups excluding carboxylic acids is 1. The maximum atomic E-state index is 12.7. The number of hydrazine groups is 1. The fourth-order valence-electron chi connectivity index (χ4n) is 3.78. The Hall–Kier alpha value is -0.300. The Labute approximate surface area is 144 Å². The molecule has 0 aromatic carbocycles. The molecular formula is C17H31N3O2S. The van der Waals surface area contributed by atoms with Crippen molar-refractivity contribution in [2.45, 2.75) is 69.4 Å². The molecule has 3 aliphatic rings. The first-order valence-corrected chi connectivity index (χ1v) is 10.3. The molecule has 2 heterocycles. The van der Waals surface area contributed by atoms with Gasteiger partial charge in [-0.25, -0.2) is 5.43 Å². The molecule has 2 unspecified atom stereocenters. The lowest BCUT2D eigenvalue weighted by Crippen LogP contribution is -2.51. The first-order chi connectivity index (χ1) is 11.2. The minimum absolute atomic E-state index is 0.124. The van der Waals surface area contributed by atoms with E-state index in [4.69, 9.17) is 4.74 Å². The predicted octanol–water partition coefficient (Wildman–Crippen LogP) is 2.13. The highest BCUT2D eigenvalue weighted by atomic mass is 32.2. The van der Waals surface area contributed by atoms with Crippen molar-refractivity contribution < 1.29 is 9.53 Å². The molecule has 2 atom stereocenters. The van der Waals surface area contributed by atoms with Crippen LogP contribution in [-0.2, 0) is 9.53 Å². The van der Waals surface area contributed by atoms with Crippen LogP contribution in [0.4, 0.5) is 0 Å². The second-order valence-corrected chi connectivity index (χ2v) is 8.66. The number of nitrogens with one attached hydrogen (secondary N) is 2. The third kappa shape index (κ3) is 5.08. The van der Waals surface area contributed by atoms with E-state index in [0.717, 1.165) is 38.3 Å². The van der Waals surface area contributed by atoms with Crippen molar-refractivity contribution in [3.63, 3.8) is 0 Å². The lowest BCUT2D eigenvalue weighted by Gasteiger charge is -2.32. The second kappa shape index (κ2) is 8.70. The molecule has 3 rings (SSSR count). The van der Waals surface area contributed by atoms with Gasteiger partial charge in [-0.15, -0.1) is 0 Å². The molecule has 3 fully saturated rings. The second-order valence-electron chi connectivity index (χ2n) is 7.25. The monoisotopic (exact) mass is 341 g/mol. The molecule has 6 heteroatoms. The normalized spacial score (nSPS) is 34.7. The van der Waals surface area contributed by atoms with Crippen molar-refractivity contribution in [2.24, 2.45) is 5.92 Å². The van der Waals surface area contributed by atoms with Gasteiger partial charge in [0.05, 0.1) is 12.3 Å². The Morgan fingerprint density at radius 1 is 1.22 bits per heavy atom. The molecule has 2 aliphatic heterocycles. The summed E-state index contributed by atoms with van der Waals surface area (Å²) < 4.78 is 5.95. The van der Waals surface area contributed by atoms with E-state index in [0.29, 0.717) is 5.25 Å². The average Bonchev–Trinajstić information content (AvgIpc) is 3.25. The van der Waals surface area contributed by atoms with Crippen LogP contribution in [0.25, 0.3) is 0 Å². The Balaban J connectivity index is 1.49. The predicted molar refractivity (Wildman–Crippen MR) is 94.1 cm³/mol. The van der Waals surface area contributed by atoms with Crippen molar-refractivity contribution in [1.82, 2.24) is 15.8 Å². The molecule has 5 nitrogen and oxygen atoms in total. The third-order valence-electron chi connectivity index (χ3n) is 5.34. The summed E-state index contributed by atoms with van der Waals surface area (Å²) in [5.74, 6) is 2.20. The number of ether oxygens (including phenoxy) is 1. The maximum absolute atomic E-state index is 12.7. The van der Waals surface area contributed by atoms with Gasteiger partial charge < -0.3 is 9.64 Å². The van der Waals surface area contributed by atoms with Crippen LogP contribution < -0.4 is 10.9 Å².